The number of rotatable bonds is 7. The van der Waals surface area contributed by atoms with Gasteiger partial charge in [-0.25, -0.2) is 8.42 Å². The highest BCUT2D eigenvalue weighted by molar-refractivity contribution is 9.10. The van der Waals surface area contributed by atoms with Crippen molar-refractivity contribution < 1.29 is 13.2 Å². The van der Waals surface area contributed by atoms with E-state index in [1.807, 2.05) is 16.7 Å². The predicted octanol–water partition coefficient (Wildman–Crippen LogP) is 4.01. The molecule has 0 aliphatic heterocycles. The number of thioether (sulfide) groups is 1. The fourth-order valence-corrected chi connectivity index (χ4v) is 5.25. The number of nitrogens with zero attached hydrogens (tertiary/aromatic N) is 3. The molecular weight excluding hydrogens is 488 g/mol. The molecule has 0 atom stereocenters. The lowest BCUT2D eigenvalue weighted by atomic mass is 9.99. The first-order valence-electron chi connectivity index (χ1n) is 9.58. The van der Waals surface area contributed by atoms with Crippen molar-refractivity contribution in [3.63, 3.8) is 0 Å². The standard InChI is InChI=1S/C20H21BrN4O3S2/c1-12(2)30(27,28)24-18(26)11-29-20-23-22-19(21)25(20)17-10-9-14(13-7-8-13)15-5-3-4-6-16(15)17/h3-6,9-10,12-13H,7-8,11H2,1-2H3,(H,24,26). The minimum absolute atomic E-state index is 0.0881. The summed E-state index contributed by atoms with van der Waals surface area (Å²) in [6.07, 6.45) is 2.43. The van der Waals surface area contributed by atoms with Crippen molar-refractivity contribution in [2.24, 2.45) is 0 Å². The van der Waals surface area contributed by atoms with E-state index in [2.05, 4.69) is 55.1 Å². The average Bonchev–Trinajstić information content (AvgIpc) is 3.48. The van der Waals surface area contributed by atoms with E-state index in [1.54, 1.807) is 0 Å². The zero-order chi connectivity index (χ0) is 21.5. The Labute approximate surface area is 187 Å². The smallest absolute Gasteiger partial charge is 0.243 e. The van der Waals surface area contributed by atoms with Gasteiger partial charge in [-0.15, -0.1) is 10.2 Å². The third kappa shape index (κ3) is 4.26. The minimum atomic E-state index is -3.66. The van der Waals surface area contributed by atoms with Crippen LogP contribution in [0.25, 0.3) is 16.5 Å². The highest BCUT2D eigenvalue weighted by Gasteiger charge is 2.26. The van der Waals surface area contributed by atoms with Crippen LogP contribution in [0.3, 0.4) is 0 Å². The van der Waals surface area contributed by atoms with Crippen LogP contribution in [0.2, 0.25) is 0 Å². The average molecular weight is 509 g/mol. The molecule has 4 rings (SSSR count). The molecule has 1 aliphatic rings. The number of benzene rings is 2. The van der Waals surface area contributed by atoms with E-state index < -0.39 is 21.2 Å². The van der Waals surface area contributed by atoms with Crippen LogP contribution in [0, 0.1) is 0 Å². The van der Waals surface area contributed by atoms with Crippen LogP contribution >= 0.6 is 27.7 Å². The quantitative estimate of drug-likeness (QED) is 0.484. The van der Waals surface area contributed by atoms with Gasteiger partial charge < -0.3 is 0 Å². The number of aromatic nitrogens is 3. The van der Waals surface area contributed by atoms with Gasteiger partial charge in [0.1, 0.15) is 0 Å². The van der Waals surface area contributed by atoms with Gasteiger partial charge in [0.05, 0.1) is 16.7 Å². The Bertz CT molecular complexity index is 1220. The second kappa shape index (κ2) is 8.32. The van der Waals surface area contributed by atoms with Gasteiger partial charge in [-0.1, -0.05) is 42.1 Å². The second-order valence-corrected chi connectivity index (χ2v) is 11.4. The van der Waals surface area contributed by atoms with Crippen LogP contribution in [0.4, 0.5) is 0 Å². The Hall–Kier alpha value is -1.91. The number of carbonyl (C=O) groups is 1. The van der Waals surface area contributed by atoms with Crippen molar-refractivity contribution >= 4 is 54.4 Å². The molecule has 1 saturated carbocycles. The molecule has 1 fully saturated rings. The van der Waals surface area contributed by atoms with Gasteiger partial charge in [0, 0.05) is 5.39 Å². The number of carbonyl (C=O) groups excluding carboxylic acids is 1. The number of amides is 1. The Kier molecular flexibility index (Phi) is 5.91. The summed E-state index contributed by atoms with van der Waals surface area (Å²) in [5, 5.41) is 10.4. The topological polar surface area (TPSA) is 93.9 Å². The molecule has 0 spiro atoms. The van der Waals surface area contributed by atoms with Crippen LogP contribution in [0.5, 0.6) is 0 Å². The van der Waals surface area contributed by atoms with Crippen LogP contribution in [0.15, 0.2) is 46.3 Å². The van der Waals surface area contributed by atoms with Crippen molar-refractivity contribution in [2.75, 3.05) is 5.75 Å². The number of hydrogen-bond donors (Lipinski definition) is 1. The molecular formula is C20H21BrN4O3S2. The van der Waals surface area contributed by atoms with E-state index in [0.717, 1.165) is 22.8 Å². The molecule has 1 amide bonds. The molecule has 0 bridgehead atoms. The molecule has 2 aromatic carbocycles. The van der Waals surface area contributed by atoms with Gasteiger partial charge in [-0.3, -0.25) is 14.1 Å². The maximum Gasteiger partial charge on any atom is 0.243 e. The van der Waals surface area contributed by atoms with E-state index in [0.29, 0.717) is 15.8 Å². The molecule has 3 aromatic rings. The number of halogens is 1. The first kappa shape index (κ1) is 21.3. The maximum absolute atomic E-state index is 12.1. The van der Waals surface area contributed by atoms with Gasteiger partial charge in [0.15, 0.2) is 5.16 Å². The van der Waals surface area contributed by atoms with Gasteiger partial charge in [0.2, 0.25) is 20.7 Å². The first-order chi connectivity index (χ1) is 14.3. The Morgan fingerprint density at radius 3 is 2.57 bits per heavy atom. The Morgan fingerprint density at radius 1 is 1.20 bits per heavy atom. The van der Waals surface area contributed by atoms with Crippen molar-refractivity contribution in [1.29, 1.82) is 0 Å². The van der Waals surface area contributed by atoms with Crippen LogP contribution in [-0.2, 0) is 14.8 Å². The summed E-state index contributed by atoms with van der Waals surface area (Å²) in [5.41, 5.74) is 2.26. The van der Waals surface area contributed by atoms with E-state index in [-0.39, 0.29) is 5.75 Å². The molecule has 0 radical (unpaired) electrons. The van der Waals surface area contributed by atoms with Gasteiger partial charge >= 0.3 is 0 Å². The van der Waals surface area contributed by atoms with E-state index in [9.17, 15) is 13.2 Å². The molecule has 1 aromatic heterocycles. The molecule has 7 nitrogen and oxygen atoms in total. The Balaban J connectivity index is 1.64. The van der Waals surface area contributed by atoms with Crippen molar-refractivity contribution in [3.8, 4) is 5.69 Å². The summed E-state index contributed by atoms with van der Waals surface area (Å²) in [4.78, 5) is 12.1. The van der Waals surface area contributed by atoms with Crippen LogP contribution in [-0.4, -0.2) is 40.1 Å². The van der Waals surface area contributed by atoms with E-state index >= 15 is 0 Å². The summed E-state index contributed by atoms with van der Waals surface area (Å²) in [6.45, 7) is 3.04. The summed E-state index contributed by atoms with van der Waals surface area (Å²) >= 11 is 4.59. The third-order valence-corrected chi connectivity index (χ3v) is 8.19. The van der Waals surface area contributed by atoms with Crippen molar-refractivity contribution in [2.45, 2.75) is 43.0 Å². The maximum atomic E-state index is 12.1. The predicted molar refractivity (Wildman–Crippen MR) is 121 cm³/mol. The largest absolute Gasteiger partial charge is 0.273 e. The molecule has 158 valence electrons. The number of nitrogens with one attached hydrogen (secondary N) is 1. The molecule has 10 heteroatoms. The molecule has 0 saturated heterocycles. The highest BCUT2D eigenvalue weighted by Crippen LogP contribution is 2.44. The second-order valence-electron chi connectivity index (χ2n) is 7.49. The van der Waals surface area contributed by atoms with Gasteiger partial charge in [-0.2, -0.15) is 0 Å². The minimum Gasteiger partial charge on any atom is -0.273 e. The SMILES string of the molecule is CC(C)S(=O)(=O)NC(=O)CSc1nnc(Br)n1-c1ccc(C2CC2)c2ccccc12. The normalized spacial score (nSPS) is 14.4. The van der Waals surface area contributed by atoms with Crippen LogP contribution in [0.1, 0.15) is 38.2 Å². The highest BCUT2D eigenvalue weighted by atomic mass is 79.9. The molecule has 1 aliphatic carbocycles. The van der Waals surface area contributed by atoms with E-state index in [1.165, 1.54) is 37.6 Å². The van der Waals surface area contributed by atoms with Gasteiger partial charge in [0.25, 0.3) is 0 Å². The lowest BCUT2D eigenvalue weighted by molar-refractivity contribution is -0.116. The van der Waals surface area contributed by atoms with Crippen molar-refractivity contribution in [3.05, 3.63) is 46.7 Å². The van der Waals surface area contributed by atoms with E-state index in [4.69, 9.17) is 0 Å². The number of sulfonamides is 1. The van der Waals surface area contributed by atoms with Crippen LogP contribution < -0.4 is 4.72 Å². The third-order valence-electron chi connectivity index (χ3n) is 5.00. The number of hydrogen-bond acceptors (Lipinski definition) is 6. The molecule has 1 N–H and O–H groups in total. The molecule has 0 unspecified atom stereocenters. The summed E-state index contributed by atoms with van der Waals surface area (Å²) < 4.78 is 28.3. The lowest BCUT2D eigenvalue weighted by Gasteiger charge is -2.14. The summed E-state index contributed by atoms with van der Waals surface area (Å²) in [7, 11) is -3.66. The van der Waals surface area contributed by atoms with Crippen molar-refractivity contribution in [1.82, 2.24) is 19.5 Å². The van der Waals surface area contributed by atoms with Gasteiger partial charge in [-0.05, 0) is 65.6 Å². The fraction of sp³-hybridized carbons (Fsp3) is 0.350. The zero-order valence-electron chi connectivity index (χ0n) is 16.5. The zero-order valence-corrected chi connectivity index (χ0v) is 19.7. The molecule has 30 heavy (non-hydrogen) atoms. The molecule has 1 heterocycles. The fourth-order valence-electron chi connectivity index (χ4n) is 3.24. The lowest BCUT2D eigenvalue weighted by Crippen LogP contribution is -2.36. The Morgan fingerprint density at radius 2 is 1.90 bits per heavy atom. The summed E-state index contributed by atoms with van der Waals surface area (Å²) in [5.74, 6) is -0.0584. The first-order valence-corrected chi connectivity index (χ1v) is 12.9. The number of fused-ring (bicyclic) bond motifs is 1. The summed E-state index contributed by atoms with van der Waals surface area (Å²) in [6, 6.07) is 12.4. The monoisotopic (exact) mass is 508 g/mol.